The summed E-state index contributed by atoms with van der Waals surface area (Å²) in [5.74, 6) is -0.821. The molecule has 200 valence electrons. The summed E-state index contributed by atoms with van der Waals surface area (Å²) in [5, 5.41) is 26.4. The number of anilines is 1. The number of amides is 2. The molecule has 0 aromatic heterocycles. The zero-order valence-corrected chi connectivity index (χ0v) is 23.3. The van der Waals surface area contributed by atoms with Crippen LogP contribution in [0.5, 0.6) is 0 Å². The van der Waals surface area contributed by atoms with Gasteiger partial charge in [-0.2, -0.15) is 5.10 Å². The molecule has 0 spiro atoms. The minimum absolute atomic E-state index is 0.262. The molecule has 4 N–H and O–H groups in total. The molecule has 2 unspecified atom stereocenters. The lowest BCUT2D eigenvalue weighted by molar-refractivity contribution is 0.0794. The largest absolute Gasteiger partial charge is 0.392 e. The standard InChI is InChI=1S/C29H33BrN4O4/c1-19-5-4-6-23(13-19)15-31-33-29(38)26-14-25(30)11-12-27(26)32-28(37)24-9-7-22(8-10-24)18-34(16-20(2)35)17-21(3)36/h4-15,20-21,35-36H,16-18H2,1-3H3,(H,32,37)(H,33,38)/b31-15+. The van der Waals surface area contributed by atoms with Gasteiger partial charge >= 0.3 is 0 Å². The van der Waals surface area contributed by atoms with E-state index >= 15 is 0 Å². The van der Waals surface area contributed by atoms with Gasteiger partial charge in [-0.05, 0) is 62.2 Å². The van der Waals surface area contributed by atoms with E-state index in [-0.39, 0.29) is 11.5 Å². The van der Waals surface area contributed by atoms with Crippen LogP contribution in [0.1, 0.15) is 51.3 Å². The summed E-state index contributed by atoms with van der Waals surface area (Å²) >= 11 is 3.38. The molecule has 0 heterocycles. The quantitative estimate of drug-likeness (QED) is 0.199. The Labute approximate surface area is 231 Å². The van der Waals surface area contributed by atoms with Gasteiger partial charge in [0.1, 0.15) is 0 Å². The van der Waals surface area contributed by atoms with E-state index in [0.717, 1.165) is 16.7 Å². The smallest absolute Gasteiger partial charge is 0.273 e. The molecule has 2 amide bonds. The van der Waals surface area contributed by atoms with Crippen LogP contribution in [0.4, 0.5) is 5.69 Å². The number of carbonyl (C=O) groups excluding carboxylic acids is 2. The molecular formula is C29H33BrN4O4. The van der Waals surface area contributed by atoms with E-state index < -0.39 is 18.1 Å². The molecule has 8 nitrogen and oxygen atoms in total. The van der Waals surface area contributed by atoms with Crippen molar-refractivity contribution in [1.82, 2.24) is 10.3 Å². The Kier molecular flexibility index (Phi) is 10.7. The van der Waals surface area contributed by atoms with Gasteiger partial charge in [0, 0.05) is 29.7 Å². The summed E-state index contributed by atoms with van der Waals surface area (Å²) in [6.07, 6.45) is 0.514. The van der Waals surface area contributed by atoms with E-state index in [1.165, 1.54) is 0 Å². The molecule has 0 bridgehead atoms. The molecule has 38 heavy (non-hydrogen) atoms. The maximum absolute atomic E-state index is 13.0. The van der Waals surface area contributed by atoms with Crippen molar-refractivity contribution in [2.24, 2.45) is 5.10 Å². The number of hydrazone groups is 1. The fourth-order valence-corrected chi connectivity index (χ4v) is 4.32. The number of benzene rings is 3. The number of aryl methyl sites for hydroxylation is 1. The molecule has 0 aliphatic heterocycles. The minimum atomic E-state index is -0.524. The van der Waals surface area contributed by atoms with Gasteiger partial charge in [0.25, 0.3) is 11.8 Å². The van der Waals surface area contributed by atoms with Crippen molar-refractivity contribution < 1.29 is 19.8 Å². The topological polar surface area (TPSA) is 114 Å². The van der Waals surface area contributed by atoms with E-state index in [0.29, 0.717) is 35.4 Å². The van der Waals surface area contributed by atoms with Crippen LogP contribution in [0.3, 0.4) is 0 Å². The van der Waals surface area contributed by atoms with Crippen LogP contribution < -0.4 is 10.7 Å². The van der Waals surface area contributed by atoms with Gasteiger partial charge in [0.15, 0.2) is 0 Å². The summed E-state index contributed by atoms with van der Waals surface area (Å²) in [6.45, 7) is 6.76. The Hall–Kier alpha value is -3.37. The lowest BCUT2D eigenvalue weighted by atomic mass is 10.1. The van der Waals surface area contributed by atoms with Crippen LogP contribution in [0.25, 0.3) is 0 Å². The predicted molar refractivity (Wildman–Crippen MR) is 153 cm³/mol. The first kappa shape index (κ1) is 29.2. The number of nitrogens with one attached hydrogen (secondary N) is 2. The maximum Gasteiger partial charge on any atom is 0.273 e. The molecule has 0 aliphatic carbocycles. The van der Waals surface area contributed by atoms with Crippen molar-refractivity contribution in [3.05, 3.63) is 99.0 Å². The monoisotopic (exact) mass is 580 g/mol. The highest BCUT2D eigenvalue weighted by Crippen LogP contribution is 2.22. The summed E-state index contributed by atoms with van der Waals surface area (Å²) in [4.78, 5) is 27.8. The second kappa shape index (κ2) is 14.0. The minimum Gasteiger partial charge on any atom is -0.392 e. The highest BCUT2D eigenvalue weighted by molar-refractivity contribution is 9.10. The average Bonchev–Trinajstić information content (AvgIpc) is 2.84. The Morgan fingerprint density at radius 2 is 1.66 bits per heavy atom. The zero-order valence-electron chi connectivity index (χ0n) is 21.7. The van der Waals surface area contributed by atoms with E-state index in [1.54, 1.807) is 50.4 Å². The fourth-order valence-electron chi connectivity index (χ4n) is 3.95. The highest BCUT2D eigenvalue weighted by Gasteiger charge is 2.16. The Morgan fingerprint density at radius 3 is 2.29 bits per heavy atom. The van der Waals surface area contributed by atoms with Gasteiger partial charge in [-0.3, -0.25) is 14.5 Å². The van der Waals surface area contributed by atoms with Crippen molar-refractivity contribution in [2.75, 3.05) is 18.4 Å². The molecule has 0 radical (unpaired) electrons. The van der Waals surface area contributed by atoms with Gasteiger partial charge in [0.05, 0.1) is 29.7 Å². The SMILES string of the molecule is Cc1cccc(/C=N/NC(=O)c2cc(Br)ccc2NC(=O)c2ccc(CN(CC(C)O)CC(C)O)cc2)c1. The highest BCUT2D eigenvalue weighted by atomic mass is 79.9. The molecule has 9 heteroatoms. The van der Waals surface area contributed by atoms with Gasteiger partial charge in [-0.15, -0.1) is 0 Å². The van der Waals surface area contributed by atoms with Gasteiger partial charge < -0.3 is 15.5 Å². The van der Waals surface area contributed by atoms with E-state index in [1.807, 2.05) is 48.2 Å². The molecule has 0 fully saturated rings. The van der Waals surface area contributed by atoms with Crippen LogP contribution in [-0.2, 0) is 6.54 Å². The lowest BCUT2D eigenvalue weighted by Gasteiger charge is -2.25. The predicted octanol–water partition coefficient (Wildman–Crippen LogP) is 4.34. The van der Waals surface area contributed by atoms with Gasteiger partial charge in [-0.1, -0.05) is 57.9 Å². The molecule has 2 atom stereocenters. The number of halogens is 1. The normalized spacial score (nSPS) is 12.9. The summed E-state index contributed by atoms with van der Waals surface area (Å²) < 4.78 is 0.687. The molecular weight excluding hydrogens is 548 g/mol. The van der Waals surface area contributed by atoms with Crippen LogP contribution in [0, 0.1) is 6.92 Å². The van der Waals surface area contributed by atoms with Crippen LogP contribution in [0.2, 0.25) is 0 Å². The van der Waals surface area contributed by atoms with Crippen molar-refractivity contribution in [1.29, 1.82) is 0 Å². The summed E-state index contributed by atoms with van der Waals surface area (Å²) in [6, 6.07) is 19.8. The molecule has 3 aromatic rings. The third-order valence-corrected chi connectivity index (χ3v) is 6.06. The third-order valence-electron chi connectivity index (χ3n) is 5.56. The first-order chi connectivity index (χ1) is 18.1. The van der Waals surface area contributed by atoms with Crippen LogP contribution in [0.15, 0.2) is 76.3 Å². The van der Waals surface area contributed by atoms with E-state index in [4.69, 9.17) is 0 Å². The van der Waals surface area contributed by atoms with Gasteiger partial charge in [0.2, 0.25) is 0 Å². The zero-order chi connectivity index (χ0) is 27.7. The van der Waals surface area contributed by atoms with E-state index in [2.05, 4.69) is 31.8 Å². The Bertz CT molecular complexity index is 1270. The summed E-state index contributed by atoms with van der Waals surface area (Å²) in [7, 11) is 0. The number of rotatable bonds is 11. The molecule has 0 saturated carbocycles. The number of aliphatic hydroxyl groups excluding tert-OH is 2. The van der Waals surface area contributed by atoms with E-state index in [9.17, 15) is 19.8 Å². The summed E-state index contributed by atoms with van der Waals surface area (Å²) in [5.41, 5.74) is 6.45. The van der Waals surface area contributed by atoms with Crippen molar-refractivity contribution in [3.8, 4) is 0 Å². The first-order valence-corrected chi connectivity index (χ1v) is 13.1. The van der Waals surface area contributed by atoms with Crippen LogP contribution in [-0.4, -0.2) is 58.4 Å². The number of hydrogen-bond donors (Lipinski definition) is 4. The Morgan fingerprint density at radius 1 is 0.974 bits per heavy atom. The van der Waals surface area contributed by atoms with Crippen molar-refractivity contribution in [3.63, 3.8) is 0 Å². The number of carbonyl (C=O) groups is 2. The average molecular weight is 582 g/mol. The third kappa shape index (κ3) is 9.18. The second-order valence-corrected chi connectivity index (χ2v) is 10.3. The molecule has 3 aromatic carbocycles. The Balaban J connectivity index is 1.68. The van der Waals surface area contributed by atoms with Crippen molar-refractivity contribution in [2.45, 2.75) is 39.5 Å². The number of aliphatic hydroxyl groups is 2. The second-order valence-electron chi connectivity index (χ2n) is 9.35. The molecule has 0 aliphatic rings. The molecule has 3 rings (SSSR count). The molecule has 0 saturated heterocycles. The fraction of sp³-hybridized carbons (Fsp3) is 0.276. The van der Waals surface area contributed by atoms with Gasteiger partial charge in [-0.25, -0.2) is 5.43 Å². The van der Waals surface area contributed by atoms with Crippen molar-refractivity contribution >= 4 is 39.6 Å². The first-order valence-electron chi connectivity index (χ1n) is 12.3. The number of hydrogen-bond acceptors (Lipinski definition) is 6. The lowest BCUT2D eigenvalue weighted by Crippen LogP contribution is -2.35. The van der Waals surface area contributed by atoms with Crippen LogP contribution >= 0.6 is 15.9 Å². The maximum atomic E-state index is 13.0. The number of nitrogens with zero attached hydrogens (tertiary/aromatic N) is 2.